The Bertz CT molecular complexity index is 649. The van der Waals surface area contributed by atoms with Gasteiger partial charge in [0.15, 0.2) is 5.13 Å². The average molecular weight is 342 g/mol. The fraction of sp³-hybridized carbons (Fsp3) is 0.467. The molecule has 0 radical (unpaired) electrons. The molecule has 0 saturated heterocycles. The lowest BCUT2D eigenvalue weighted by Gasteiger charge is -2.03. The van der Waals surface area contributed by atoms with Crippen LogP contribution in [-0.2, 0) is 4.79 Å². The number of aryl methyl sites for hydroxylation is 2. The summed E-state index contributed by atoms with van der Waals surface area (Å²) in [5, 5.41) is 8.56. The van der Waals surface area contributed by atoms with E-state index in [0.29, 0.717) is 11.7 Å². The topological polar surface area (TPSA) is 67.2 Å². The molecule has 0 bridgehead atoms. The van der Waals surface area contributed by atoms with E-state index >= 15 is 0 Å². The number of furan rings is 1. The summed E-state index contributed by atoms with van der Waals surface area (Å²) in [6.45, 7) is 5.11. The van der Waals surface area contributed by atoms with Crippen LogP contribution in [0.4, 0.5) is 5.13 Å². The zero-order valence-corrected chi connectivity index (χ0v) is 14.3. The van der Waals surface area contributed by atoms with Crippen molar-refractivity contribution in [2.75, 3.05) is 18.4 Å². The number of nitrogens with zero attached hydrogens (tertiary/aromatic N) is 1. The highest BCUT2D eigenvalue weighted by atomic mass is 35.5. The minimum Gasteiger partial charge on any atom is -0.466 e. The summed E-state index contributed by atoms with van der Waals surface area (Å²) < 4.78 is 5.51. The summed E-state index contributed by atoms with van der Waals surface area (Å²) in [5.41, 5.74) is 1.83. The monoisotopic (exact) mass is 341 g/mol. The second-order valence-corrected chi connectivity index (χ2v) is 6.35. The van der Waals surface area contributed by atoms with Crippen LogP contribution in [0.1, 0.15) is 24.4 Å². The Morgan fingerprint density at radius 1 is 1.45 bits per heavy atom. The molecule has 22 heavy (non-hydrogen) atoms. The van der Waals surface area contributed by atoms with Crippen molar-refractivity contribution in [3.63, 3.8) is 0 Å². The molecule has 3 rings (SSSR count). The summed E-state index contributed by atoms with van der Waals surface area (Å²) in [7, 11) is 0. The van der Waals surface area contributed by atoms with Gasteiger partial charge in [0, 0.05) is 10.9 Å². The maximum absolute atomic E-state index is 11.8. The molecule has 7 heteroatoms. The summed E-state index contributed by atoms with van der Waals surface area (Å²) in [6.07, 6.45) is 2.57. The maximum Gasteiger partial charge on any atom is 0.240 e. The van der Waals surface area contributed by atoms with E-state index in [1.807, 2.05) is 25.3 Å². The lowest BCUT2D eigenvalue weighted by molar-refractivity contribution is -0.115. The Labute approximate surface area is 139 Å². The second-order valence-electron chi connectivity index (χ2n) is 5.49. The third kappa shape index (κ3) is 4.32. The van der Waals surface area contributed by atoms with Crippen molar-refractivity contribution in [2.45, 2.75) is 26.7 Å². The van der Waals surface area contributed by atoms with E-state index in [-0.39, 0.29) is 18.3 Å². The van der Waals surface area contributed by atoms with Crippen molar-refractivity contribution in [3.8, 4) is 11.3 Å². The first-order valence-electron chi connectivity index (χ1n) is 7.15. The van der Waals surface area contributed by atoms with Crippen LogP contribution in [0.15, 0.2) is 15.9 Å². The maximum atomic E-state index is 11.8. The van der Waals surface area contributed by atoms with E-state index < -0.39 is 0 Å². The third-order valence-corrected chi connectivity index (χ3v) is 4.24. The second kappa shape index (κ2) is 7.26. The predicted octanol–water partition coefficient (Wildman–Crippen LogP) is 3.38. The Kier molecular flexibility index (Phi) is 5.61. The Hall–Kier alpha value is -1.37. The number of rotatable bonds is 6. The van der Waals surface area contributed by atoms with Crippen molar-refractivity contribution in [1.29, 1.82) is 0 Å². The highest BCUT2D eigenvalue weighted by Crippen LogP contribution is 2.29. The van der Waals surface area contributed by atoms with Gasteiger partial charge >= 0.3 is 0 Å². The van der Waals surface area contributed by atoms with Gasteiger partial charge in [0.1, 0.15) is 11.5 Å². The molecule has 1 amide bonds. The largest absolute Gasteiger partial charge is 0.466 e. The van der Waals surface area contributed by atoms with Crippen LogP contribution in [0.2, 0.25) is 0 Å². The van der Waals surface area contributed by atoms with Gasteiger partial charge in [-0.1, -0.05) is 0 Å². The average Bonchev–Trinajstić information content (AvgIpc) is 3.03. The number of anilines is 1. The van der Waals surface area contributed by atoms with Crippen molar-refractivity contribution in [3.05, 3.63) is 23.0 Å². The molecule has 1 saturated carbocycles. The van der Waals surface area contributed by atoms with E-state index in [4.69, 9.17) is 4.42 Å². The highest BCUT2D eigenvalue weighted by molar-refractivity contribution is 7.14. The molecular formula is C15H20ClN3O2S. The van der Waals surface area contributed by atoms with Gasteiger partial charge in [-0.3, -0.25) is 4.79 Å². The van der Waals surface area contributed by atoms with Crippen LogP contribution < -0.4 is 10.6 Å². The smallest absolute Gasteiger partial charge is 0.240 e. The lowest BCUT2D eigenvalue weighted by atomic mass is 10.2. The Morgan fingerprint density at radius 2 is 2.23 bits per heavy atom. The normalized spacial score (nSPS) is 13.7. The molecule has 1 aliphatic carbocycles. The minimum absolute atomic E-state index is 0. The molecule has 0 aromatic carbocycles. The first kappa shape index (κ1) is 17.0. The van der Waals surface area contributed by atoms with Gasteiger partial charge in [-0.25, -0.2) is 4.98 Å². The molecule has 2 aromatic heterocycles. The first-order valence-corrected chi connectivity index (χ1v) is 8.03. The Morgan fingerprint density at radius 3 is 2.86 bits per heavy atom. The fourth-order valence-electron chi connectivity index (χ4n) is 2.22. The quantitative estimate of drug-likeness (QED) is 0.845. The third-order valence-electron chi connectivity index (χ3n) is 3.48. The number of aromatic nitrogens is 1. The SMILES string of the molecule is Cc1cc(-c2csc(NC(=O)CNCC3CC3)n2)c(C)o1.Cl. The van der Waals surface area contributed by atoms with Gasteiger partial charge in [-0.2, -0.15) is 0 Å². The first-order chi connectivity index (χ1) is 10.1. The van der Waals surface area contributed by atoms with Gasteiger partial charge < -0.3 is 15.1 Å². The van der Waals surface area contributed by atoms with Crippen LogP contribution in [0.25, 0.3) is 11.3 Å². The number of hydrogen-bond acceptors (Lipinski definition) is 5. The van der Waals surface area contributed by atoms with Gasteiger partial charge in [-0.15, -0.1) is 23.7 Å². The predicted molar refractivity (Wildman–Crippen MR) is 90.8 cm³/mol. The van der Waals surface area contributed by atoms with Gasteiger partial charge in [0.2, 0.25) is 5.91 Å². The summed E-state index contributed by atoms with van der Waals surface area (Å²) in [5.74, 6) is 2.44. The minimum atomic E-state index is -0.0448. The molecule has 0 atom stereocenters. The molecule has 0 unspecified atom stereocenters. The molecule has 120 valence electrons. The van der Waals surface area contributed by atoms with E-state index in [2.05, 4.69) is 15.6 Å². The van der Waals surface area contributed by atoms with Gasteiger partial charge in [-0.05, 0) is 45.2 Å². The fourth-order valence-corrected chi connectivity index (χ4v) is 2.94. The number of thiazole rings is 1. The number of carbonyl (C=O) groups is 1. The van der Waals surface area contributed by atoms with Crippen molar-refractivity contribution in [2.24, 2.45) is 5.92 Å². The number of amides is 1. The molecule has 2 aromatic rings. The molecule has 2 N–H and O–H groups in total. The van der Waals surface area contributed by atoms with E-state index in [1.165, 1.54) is 24.2 Å². The molecule has 1 fully saturated rings. The van der Waals surface area contributed by atoms with Crippen LogP contribution in [0.3, 0.4) is 0 Å². The molecule has 1 aliphatic rings. The zero-order valence-electron chi connectivity index (χ0n) is 12.6. The Balaban J connectivity index is 0.00000176. The summed E-state index contributed by atoms with van der Waals surface area (Å²) >= 11 is 1.43. The summed E-state index contributed by atoms with van der Waals surface area (Å²) in [4.78, 5) is 16.3. The molecule has 0 aliphatic heterocycles. The number of nitrogens with one attached hydrogen (secondary N) is 2. The number of hydrogen-bond donors (Lipinski definition) is 2. The van der Waals surface area contributed by atoms with Crippen LogP contribution in [0, 0.1) is 19.8 Å². The number of carbonyl (C=O) groups excluding carboxylic acids is 1. The van der Waals surface area contributed by atoms with Crippen LogP contribution in [-0.4, -0.2) is 24.0 Å². The molecule has 2 heterocycles. The lowest BCUT2D eigenvalue weighted by Crippen LogP contribution is -2.29. The van der Waals surface area contributed by atoms with Crippen LogP contribution >= 0.6 is 23.7 Å². The van der Waals surface area contributed by atoms with E-state index in [1.54, 1.807) is 0 Å². The standard InChI is InChI=1S/C15H19N3O2S.ClH/c1-9-5-12(10(2)20-9)13-8-21-15(17-13)18-14(19)7-16-6-11-3-4-11;/h5,8,11,16H,3-4,6-7H2,1-2H3,(H,17,18,19);1H. The van der Waals surface area contributed by atoms with Crippen molar-refractivity contribution >= 4 is 34.8 Å². The molecule has 0 spiro atoms. The highest BCUT2D eigenvalue weighted by Gasteiger charge is 2.20. The van der Waals surface area contributed by atoms with Gasteiger partial charge in [0.05, 0.1) is 12.2 Å². The van der Waals surface area contributed by atoms with Crippen LogP contribution in [0.5, 0.6) is 0 Å². The molecular weight excluding hydrogens is 322 g/mol. The zero-order chi connectivity index (χ0) is 14.8. The van der Waals surface area contributed by atoms with Crippen molar-refractivity contribution in [1.82, 2.24) is 10.3 Å². The van der Waals surface area contributed by atoms with E-state index in [9.17, 15) is 4.79 Å². The van der Waals surface area contributed by atoms with Crippen molar-refractivity contribution < 1.29 is 9.21 Å². The summed E-state index contributed by atoms with van der Waals surface area (Å²) in [6, 6.07) is 1.97. The van der Waals surface area contributed by atoms with Gasteiger partial charge in [0.25, 0.3) is 0 Å². The number of halogens is 1. The molecule has 5 nitrogen and oxygen atoms in total. The van der Waals surface area contributed by atoms with E-state index in [0.717, 1.165) is 35.2 Å².